The fraction of sp³-hybridized carbons (Fsp3) is 0.600. The second-order valence-corrected chi connectivity index (χ2v) is 6.43. The highest BCUT2D eigenvalue weighted by Crippen LogP contribution is 2.16. The minimum Gasteiger partial charge on any atom is -0.443 e. The fourth-order valence-electron chi connectivity index (χ4n) is 1.72. The van der Waals surface area contributed by atoms with Gasteiger partial charge in [0.15, 0.2) is 5.82 Å². The monoisotopic (exact) mass is 305 g/mol. The summed E-state index contributed by atoms with van der Waals surface area (Å²) >= 11 is 0. The average molecular weight is 305 g/mol. The van der Waals surface area contributed by atoms with Gasteiger partial charge in [-0.3, -0.25) is 5.01 Å². The van der Waals surface area contributed by atoms with E-state index in [1.165, 1.54) is 0 Å². The van der Waals surface area contributed by atoms with Gasteiger partial charge in [0.05, 0.1) is 0 Å². The van der Waals surface area contributed by atoms with Crippen LogP contribution in [0.2, 0.25) is 0 Å². The van der Waals surface area contributed by atoms with Crippen molar-refractivity contribution < 1.29 is 9.53 Å². The number of nitriles is 1. The Balaban J connectivity index is 3.03. The van der Waals surface area contributed by atoms with E-state index in [-0.39, 0.29) is 11.7 Å². The summed E-state index contributed by atoms with van der Waals surface area (Å²) < 4.78 is 5.27. The molecule has 1 amide bonds. The van der Waals surface area contributed by atoms with Gasteiger partial charge in [-0.25, -0.2) is 15.2 Å². The summed E-state index contributed by atoms with van der Waals surface area (Å²) in [7, 11) is 0. The van der Waals surface area contributed by atoms with Gasteiger partial charge < -0.3 is 4.74 Å². The third kappa shape index (κ3) is 5.56. The van der Waals surface area contributed by atoms with Crippen LogP contribution >= 0.6 is 0 Å². The Kier molecular flexibility index (Phi) is 5.69. The van der Waals surface area contributed by atoms with Gasteiger partial charge in [0, 0.05) is 18.3 Å². The molecule has 7 nitrogen and oxygen atoms in total. The highest BCUT2D eigenvalue weighted by molar-refractivity contribution is 5.70. The SMILES string of the molecule is Cc1cnc(C#N)nc1N(CC(C)C)NC(=O)OC(C)(C)C. The lowest BCUT2D eigenvalue weighted by molar-refractivity contribution is 0.0519. The van der Waals surface area contributed by atoms with E-state index in [4.69, 9.17) is 10.00 Å². The number of hydrogen-bond donors (Lipinski definition) is 1. The summed E-state index contributed by atoms with van der Waals surface area (Å²) in [5.41, 5.74) is 2.85. The number of anilines is 1. The molecule has 0 saturated carbocycles. The van der Waals surface area contributed by atoms with Crippen molar-refractivity contribution >= 4 is 11.9 Å². The smallest absolute Gasteiger partial charge is 0.426 e. The topological polar surface area (TPSA) is 91.1 Å². The lowest BCUT2D eigenvalue weighted by Crippen LogP contribution is -2.47. The Bertz CT molecular complexity index is 572. The Morgan fingerprint density at radius 1 is 1.50 bits per heavy atom. The second-order valence-electron chi connectivity index (χ2n) is 6.43. The Labute approximate surface area is 131 Å². The van der Waals surface area contributed by atoms with Gasteiger partial charge in [0.2, 0.25) is 5.82 Å². The van der Waals surface area contributed by atoms with Crippen molar-refractivity contribution in [1.29, 1.82) is 5.26 Å². The normalized spacial score (nSPS) is 11.0. The molecule has 1 aromatic heterocycles. The molecule has 0 aliphatic heterocycles. The molecule has 0 atom stereocenters. The lowest BCUT2D eigenvalue weighted by Gasteiger charge is -2.28. The molecule has 0 spiro atoms. The number of ether oxygens (including phenoxy) is 1. The number of rotatable bonds is 4. The molecule has 0 aliphatic carbocycles. The number of aryl methyl sites for hydroxylation is 1. The maximum absolute atomic E-state index is 12.0. The van der Waals surface area contributed by atoms with Crippen molar-refractivity contribution in [1.82, 2.24) is 15.4 Å². The number of carbonyl (C=O) groups excluding carboxylic acids is 1. The highest BCUT2D eigenvalue weighted by Gasteiger charge is 2.21. The van der Waals surface area contributed by atoms with Crippen molar-refractivity contribution in [2.24, 2.45) is 5.92 Å². The average Bonchev–Trinajstić information content (AvgIpc) is 2.35. The van der Waals surface area contributed by atoms with Crippen molar-refractivity contribution in [3.8, 4) is 6.07 Å². The predicted octanol–water partition coefficient (Wildman–Crippen LogP) is 2.56. The van der Waals surface area contributed by atoms with Gasteiger partial charge >= 0.3 is 6.09 Å². The zero-order valence-corrected chi connectivity index (χ0v) is 14.0. The van der Waals surface area contributed by atoms with Crippen molar-refractivity contribution in [3.05, 3.63) is 17.6 Å². The van der Waals surface area contributed by atoms with Gasteiger partial charge in [-0.1, -0.05) is 13.8 Å². The predicted molar refractivity (Wildman–Crippen MR) is 83.0 cm³/mol. The molecule has 0 aliphatic rings. The summed E-state index contributed by atoms with van der Waals surface area (Å²) in [4.78, 5) is 20.1. The first-order valence-corrected chi connectivity index (χ1v) is 7.13. The standard InChI is InChI=1S/C15H23N5O2/c1-10(2)9-20(19-14(21)22-15(4,5)6)13-11(3)8-17-12(7-16)18-13/h8,10H,9H2,1-6H3,(H,19,21). The number of amides is 1. The minimum atomic E-state index is -0.591. The van der Waals surface area contributed by atoms with Crippen LogP contribution in [0, 0.1) is 24.2 Å². The molecule has 0 bridgehead atoms. The molecule has 0 unspecified atom stereocenters. The first kappa shape index (κ1) is 17.7. The van der Waals surface area contributed by atoms with Gasteiger partial charge in [0.25, 0.3) is 0 Å². The molecule has 120 valence electrons. The van der Waals surface area contributed by atoms with E-state index in [9.17, 15) is 4.79 Å². The Morgan fingerprint density at radius 3 is 2.64 bits per heavy atom. The quantitative estimate of drug-likeness (QED) is 0.860. The number of nitrogens with one attached hydrogen (secondary N) is 1. The maximum Gasteiger partial charge on any atom is 0.426 e. The number of carbonyl (C=O) groups is 1. The van der Waals surface area contributed by atoms with E-state index >= 15 is 0 Å². The number of hydrogen-bond acceptors (Lipinski definition) is 6. The van der Waals surface area contributed by atoms with Crippen LogP contribution in [0.25, 0.3) is 0 Å². The van der Waals surface area contributed by atoms with E-state index in [2.05, 4.69) is 15.4 Å². The molecule has 0 aromatic carbocycles. The molecule has 22 heavy (non-hydrogen) atoms. The molecule has 7 heteroatoms. The molecule has 1 aromatic rings. The van der Waals surface area contributed by atoms with E-state index in [0.29, 0.717) is 12.4 Å². The zero-order valence-electron chi connectivity index (χ0n) is 14.0. The Morgan fingerprint density at radius 2 is 2.14 bits per heavy atom. The third-order valence-electron chi connectivity index (χ3n) is 2.47. The van der Waals surface area contributed by atoms with Crippen LogP contribution in [-0.2, 0) is 4.74 Å². The molecule has 0 fully saturated rings. The van der Waals surface area contributed by atoms with Crippen LogP contribution in [0.15, 0.2) is 6.20 Å². The number of hydrazine groups is 1. The fourth-order valence-corrected chi connectivity index (χ4v) is 1.72. The van der Waals surface area contributed by atoms with E-state index in [1.807, 2.05) is 26.8 Å². The van der Waals surface area contributed by atoms with Crippen LogP contribution in [0.5, 0.6) is 0 Å². The number of aromatic nitrogens is 2. The first-order valence-electron chi connectivity index (χ1n) is 7.13. The van der Waals surface area contributed by atoms with Crippen molar-refractivity contribution in [2.75, 3.05) is 11.6 Å². The van der Waals surface area contributed by atoms with Crippen molar-refractivity contribution in [3.63, 3.8) is 0 Å². The Hall–Kier alpha value is -2.36. The van der Waals surface area contributed by atoms with Crippen LogP contribution < -0.4 is 10.4 Å². The molecule has 1 N–H and O–H groups in total. The summed E-state index contributed by atoms with van der Waals surface area (Å²) in [5, 5.41) is 10.5. The van der Waals surface area contributed by atoms with Gasteiger partial charge in [-0.05, 0) is 33.6 Å². The molecular formula is C15H23N5O2. The molecule has 0 radical (unpaired) electrons. The number of nitrogens with zero attached hydrogens (tertiary/aromatic N) is 4. The van der Waals surface area contributed by atoms with Crippen LogP contribution in [0.3, 0.4) is 0 Å². The van der Waals surface area contributed by atoms with Crippen LogP contribution in [0.4, 0.5) is 10.6 Å². The molecule has 1 heterocycles. The highest BCUT2D eigenvalue weighted by atomic mass is 16.6. The van der Waals surface area contributed by atoms with Gasteiger partial charge in [-0.2, -0.15) is 10.2 Å². The molecular weight excluding hydrogens is 282 g/mol. The zero-order chi connectivity index (χ0) is 16.9. The third-order valence-corrected chi connectivity index (χ3v) is 2.47. The minimum absolute atomic E-state index is 0.0559. The second kappa shape index (κ2) is 7.07. The largest absolute Gasteiger partial charge is 0.443 e. The van der Waals surface area contributed by atoms with Crippen LogP contribution in [-0.4, -0.2) is 28.2 Å². The van der Waals surface area contributed by atoms with E-state index in [1.54, 1.807) is 32.0 Å². The van der Waals surface area contributed by atoms with Crippen LogP contribution in [0.1, 0.15) is 46.0 Å². The summed E-state index contributed by atoms with van der Waals surface area (Å²) in [5.74, 6) is 0.821. The summed E-state index contributed by atoms with van der Waals surface area (Å²) in [6.45, 7) is 11.8. The van der Waals surface area contributed by atoms with Gasteiger partial charge in [0.1, 0.15) is 11.7 Å². The van der Waals surface area contributed by atoms with E-state index in [0.717, 1.165) is 5.56 Å². The van der Waals surface area contributed by atoms with Crippen molar-refractivity contribution in [2.45, 2.75) is 47.1 Å². The maximum atomic E-state index is 12.0. The summed E-state index contributed by atoms with van der Waals surface area (Å²) in [6, 6.07) is 1.90. The lowest BCUT2D eigenvalue weighted by atomic mass is 10.2. The molecule has 1 rings (SSSR count). The first-order chi connectivity index (χ1) is 10.1. The van der Waals surface area contributed by atoms with Gasteiger partial charge in [-0.15, -0.1) is 0 Å². The van der Waals surface area contributed by atoms with E-state index < -0.39 is 11.7 Å². The summed E-state index contributed by atoms with van der Waals surface area (Å²) in [6.07, 6.45) is 0.995. The molecule has 0 saturated heterocycles.